The molecule has 1 N–H and O–H groups in total. The molecule has 22 heavy (non-hydrogen) atoms. The van der Waals surface area contributed by atoms with Crippen LogP contribution < -0.4 is 5.32 Å². The van der Waals surface area contributed by atoms with Crippen molar-refractivity contribution in [3.05, 3.63) is 16.7 Å². The summed E-state index contributed by atoms with van der Waals surface area (Å²) in [6.07, 6.45) is 3.48. The molecule has 0 unspecified atom stereocenters. The number of carbonyl (C=O) groups is 2. The van der Waals surface area contributed by atoms with E-state index in [0.29, 0.717) is 22.3 Å². The standard InChI is InChI=1S/C14H20N4O2S2/c1-4-6-9(3)13(20)18-8-21-7-10(18)12(19)15-14-17-16-11(5-2)22-14/h6,10H,4-5,7-8H2,1-3H3,(H,15,17,19)/b9-6+/t10-/m0/s1. The van der Waals surface area contributed by atoms with Gasteiger partial charge in [0, 0.05) is 11.3 Å². The molecule has 0 saturated carbocycles. The Kier molecular flexibility index (Phi) is 5.96. The van der Waals surface area contributed by atoms with Crippen LogP contribution in [-0.2, 0) is 16.0 Å². The van der Waals surface area contributed by atoms with E-state index in [1.807, 2.05) is 19.9 Å². The predicted octanol–water partition coefficient (Wildman–Crippen LogP) is 2.30. The first-order chi connectivity index (χ1) is 10.6. The Hall–Kier alpha value is -1.41. The average molecular weight is 340 g/mol. The zero-order valence-corrected chi connectivity index (χ0v) is 14.6. The zero-order valence-electron chi connectivity index (χ0n) is 13.0. The molecular weight excluding hydrogens is 320 g/mol. The number of aryl methyl sites for hydroxylation is 1. The van der Waals surface area contributed by atoms with Gasteiger partial charge in [0.2, 0.25) is 11.0 Å². The Morgan fingerprint density at radius 2 is 2.18 bits per heavy atom. The minimum atomic E-state index is -0.452. The lowest BCUT2D eigenvalue weighted by atomic mass is 10.2. The summed E-state index contributed by atoms with van der Waals surface area (Å²) >= 11 is 2.96. The summed E-state index contributed by atoms with van der Waals surface area (Å²) in [4.78, 5) is 26.4. The molecule has 1 aliphatic rings. The molecule has 1 atom stereocenters. The molecule has 1 aromatic rings. The van der Waals surface area contributed by atoms with Crippen molar-refractivity contribution in [3.8, 4) is 0 Å². The molecule has 6 nitrogen and oxygen atoms in total. The lowest BCUT2D eigenvalue weighted by molar-refractivity contribution is -0.133. The molecule has 1 fully saturated rings. The monoisotopic (exact) mass is 340 g/mol. The highest BCUT2D eigenvalue weighted by Crippen LogP contribution is 2.25. The molecule has 2 rings (SSSR count). The van der Waals surface area contributed by atoms with Crippen molar-refractivity contribution in [2.75, 3.05) is 16.9 Å². The van der Waals surface area contributed by atoms with Crippen LogP contribution in [0.4, 0.5) is 5.13 Å². The maximum absolute atomic E-state index is 12.4. The fourth-order valence-corrected chi connectivity index (χ4v) is 3.95. The van der Waals surface area contributed by atoms with Crippen molar-refractivity contribution in [2.24, 2.45) is 0 Å². The highest BCUT2D eigenvalue weighted by atomic mass is 32.2. The van der Waals surface area contributed by atoms with Crippen molar-refractivity contribution in [3.63, 3.8) is 0 Å². The lowest BCUT2D eigenvalue weighted by Crippen LogP contribution is -2.44. The van der Waals surface area contributed by atoms with Crippen LogP contribution in [0, 0.1) is 0 Å². The van der Waals surface area contributed by atoms with Crippen molar-refractivity contribution >= 4 is 40.0 Å². The van der Waals surface area contributed by atoms with Crippen LogP contribution in [0.15, 0.2) is 11.6 Å². The van der Waals surface area contributed by atoms with Crippen LogP contribution in [0.1, 0.15) is 32.2 Å². The van der Waals surface area contributed by atoms with Gasteiger partial charge in [-0.3, -0.25) is 14.9 Å². The highest BCUT2D eigenvalue weighted by molar-refractivity contribution is 7.99. The smallest absolute Gasteiger partial charge is 0.250 e. The molecule has 0 spiro atoms. The second kappa shape index (κ2) is 7.73. The molecule has 0 radical (unpaired) electrons. The van der Waals surface area contributed by atoms with Crippen molar-refractivity contribution in [2.45, 2.75) is 39.7 Å². The van der Waals surface area contributed by atoms with E-state index in [4.69, 9.17) is 0 Å². The van der Waals surface area contributed by atoms with E-state index in [1.54, 1.807) is 23.6 Å². The SMILES string of the molecule is CC/C=C(\C)C(=O)N1CSC[C@H]1C(=O)Nc1nnc(CC)s1. The number of hydrogen-bond donors (Lipinski definition) is 1. The number of allylic oxidation sites excluding steroid dienone is 1. The quantitative estimate of drug-likeness (QED) is 0.833. The first-order valence-corrected chi connectivity index (χ1v) is 9.22. The molecule has 1 aromatic heterocycles. The second-order valence-electron chi connectivity index (χ2n) is 4.93. The maximum Gasteiger partial charge on any atom is 0.250 e. The molecule has 0 aromatic carbocycles. The van der Waals surface area contributed by atoms with Gasteiger partial charge in [0.05, 0.1) is 5.88 Å². The van der Waals surface area contributed by atoms with Crippen molar-refractivity contribution < 1.29 is 9.59 Å². The third-order valence-electron chi connectivity index (χ3n) is 3.29. The lowest BCUT2D eigenvalue weighted by Gasteiger charge is -2.22. The molecule has 1 aliphatic heterocycles. The first kappa shape index (κ1) is 17.0. The molecule has 2 amide bonds. The summed E-state index contributed by atoms with van der Waals surface area (Å²) in [5.41, 5.74) is 0.687. The van der Waals surface area contributed by atoms with E-state index in [0.717, 1.165) is 17.8 Å². The predicted molar refractivity (Wildman–Crippen MR) is 89.9 cm³/mol. The molecule has 8 heteroatoms. The third kappa shape index (κ3) is 3.86. The Morgan fingerprint density at radius 1 is 1.41 bits per heavy atom. The fourth-order valence-electron chi connectivity index (χ4n) is 2.12. The van der Waals surface area contributed by atoms with Crippen LogP contribution in [0.25, 0.3) is 0 Å². The minimum absolute atomic E-state index is 0.0708. The van der Waals surface area contributed by atoms with Gasteiger partial charge in [-0.05, 0) is 19.8 Å². The van der Waals surface area contributed by atoms with Crippen LogP contribution in [0.3, 0.4) is 0 Å². The topological polar surface area (TPSA) is 75.2 Å². The summed E-state index contributed by atoms with van der Waals surface area (Å²) in [6, 6.07) is -0.452. The highest BCUT2D eigenvalue weighted by Gasteiger charge is 2.35. The number of aromatic nitrogens is 2. The van der Waals surface area contributed by atoms with Gasteiger partial charge in [-0.15, -0.1) is 22.0 Å². The van der Waals surface area contributed by atoms with Gasteiger partial charge in [-0.25, -0.2) is 0 Å². The second-order valence-corrected chi connectivity index (χ2v) is 6.99. The average Bonchev–Trinajstić information content (AvgIpc) is 3.15. The minimum Gasteiger partial charge on any atom is -0.317 e. The van der Waals surface area contributed by atoms with Crippen molar-refractivity contribution in [1.29, 1.82) is 0 Å². The molecule has 1 saturated heterocycles. The zero-order chi connectivity index (χ0) is 16.1. The normalized spacial score (nSPS) is 18.6. The summed E-state index contributed by atoms with van der Waals surface area (Å²) in [6.45, 7) is 5.77. The summed E-state index contributed by atoms with van der Waals surface area (Å²) < 4.78 is 0. The summed E-state index contributed by atoms with van der Waals surface area (Å²) in [5.74, 6) is 0.887. The molecule has 2 heterocycles. The summed E-state index contributed by atoms with van der Waals surface area (Å²) in [7, 11) is 0. The number of thioether (sulfide) groups is 1. The van der Waals surface area contributed by atoms with E-state index >= 15 is 0 Å². The molecule has 0 bridgehead atoms. The van der Waals surface area contributed by atoms with Crippen molar-refractivity contribution in [1.82, 2.24) is 15.1 Å². The number of amides is 2. The Balaban J connectivity index is 2.04. The van der Waals surface area contributed by atoms with Crippen LogP contribution in [-0.4, -0.2) is 44.6 Å². The van der Waals surface area contributed by atoms with Crippen LogP contribution >= 0.6 is 23.1 Å². The first-order valence-electron chi connectivity index (χ1n) is 7.25. The van der Waals surface area contributed by atoms with Gasteiger partial charge in [-0.2, -0.15) is 0 Å². The van der Waals surface area contributed by atoms with Gasteiger partial charge in [0.1, 0.15) is 11.0 Å². The third-order valence-corrected chi connectivity index (χ3v) is 5.29. The maximum atomic E-state index is 12.4. The van der Waals surface area contributed by atoms with E-state index in [-0.39, 0.29) is 11.8 Å². The fraction of sp³-hybridized carbons (Fsp3) is 0.571. The Morgan fingerprint density at radius 3 is 2.82 bits per heavy atom. The van der Waals surface area contributed by atoms with E-state index in [9.17, 15) is 9.59 Å². The number of hydrogen-bond acceptors (Lipinski definition) is 6. The number of carbonyl (C=O) groups excluding carboxylic acids is 2. The number of rotatable bonds is 5. The van der Waals surface area contributed by atoms with E-state index in [2.05, 4.69) is 15.5 Å². The number of nitrogens with one attached hydrogen (secondary N) is 1. The Labute approximate surface area is 138 Å². The van der Waals surface area contributed by atoms with Crippen LogP contribution in [0.5, 0.6) is 0 Å². The largest absolute Gasteiger partial charge is 0.317 e. The molecule has 120 valence electrons. The number of anilines is 1. The molecule has 0 aliphatic carbocycles. The van der Waals surface area contributed by atoms with Crippen LogP contribution in [0.2, 0.25) is 0 Å². The van der Waals surface area contributed by atoms with E-state index < -0.39 is 6.04 Å². The summed E-state index contributed by atoms with van der Waals surface area (Å²) in [5, 5.41) is 12.1. The number of nitrogens with zero attached hydrogens (tertiary/aromatic N) is 3. The van der Waals surface area contributed by atoms with Gasteiger partial charge < -0.3 is 4.90 Å². The Bertz CT molecular complexity index is 585. The van der Waals surface area contributed by atoms with E-state index in [1.165, 1.54) is 11.3 Å². The van der Waals surface area contributed by atoms with Gasteiger partial charge in [0.25, 0.3) is 5.91 Å². The van der Waals surface area contributed by atoms with Gasteiger partial charge >= 0.3 is 0 Å². The molecular formula is C14H20N4O2S2. The van der Waals surface area contributed by atoms with Gasteiger partial charge in [0.15, 0.2) is 0 Å². The van der Waals surface area contributed by atoms with Gasteiger partial charge in [-0.1, -0.05) is 31.3 Å².